The van der Waals surface area contributed by atoms with Gasteiger partial charge >= 0.3 is 5.97 Å². The monoisotopic (exact) mass is 300 g/mol. The van der Waals surface area contributed by atoms with Crippen molar-refractivity contribution in [3.63, 3.8) is 0 Å². The van der Waals surface area contributed by atoms with Crippen LogP contribution in [-0.2, 0) is 4.74 Å². The first-order valence-corrected chi connectivity index (χ1v) is 6.96. The molecule has 1 saturated heterocycles. The summed E-state index contributed by atoms with van der Waals surface area (Å²) >= 11 is 0. The molecule has 0 unspecified atom stereocenters. The summed E-state index contributed by atoms with van der Waals surface area (Å²) < 4.78 is 4.75. The number of hydrogen-bond donors (Lipinski definition) is 1. The van der Waals surface area contributed by atoms with Crippen molar-refractivity contribution in [3.8, 4) is 11.1 Å². The van der Waals surface area contributed by atoms with E-state index in [-0.39, 0.29) is 6.10 Å². The Kier molecular flexibility index (Phi) is 3.97. The lowest BCUT2D eigenvalue weighted by Gasteiger charge is -2.20. The van der Waals surface area contributed by atoms with E-state index in [9.17, 15) is 9.90 Å². The third kappa shape index (κ3) is 2.75. The van der Waals surface area contributed by atoms with Crippen molar-refractivity contribution in [2.45, 2.75) is 12.5 Å². The minimum Gasteiger partial charge on any atom is -0.465 e. The normalized spacial score (nSPS) is 17.5. The smallest absolute Gasteiger partial charge is 0.339 e. The summed E-state index contributed by atoms with van der Waals surface area (Å²) in [5.41, 5.74) is 1.87. The first-order valence-electron chi connectivity index (χ1n) is 6.96. The fourth-order valence-corrected chi connectivity index (χ4v) is 2.52. The molecule has 7 heteroatoms. The van der Waals surface area contributed by atoms with Gasteiger partial charge in [-0.25, -0.2) is 19.7 Å². The molecule has 1 atom stereocenters. The Morgan fingerprint density at radius 1 is 1.36 bits per heavy atom. The third-order valence-electron chi connectivity index (χ3n) is 3.62. The number of hydrogen-bond acceptors (Lipinski definition) is 7. The van der Waals surface area contributed by atoms with Crippen LogP contribution in [0.15, 0.2) is 31.0 Å². The maximum absolute atomic E-state index is 11.7. The number of nitrogens with zero attached hydrogens (tertiary/aromatic N) is 4. The van der Waals surface area contributed by atoms with Crippen LogP contribution < -0.4 is 4.90 Å². The molecule has 0 saturated carbocycles. The number of aliphatic hydroxyl groups excluding tert-OH is 1. The SMILES string of the molecule is COC(=O)c1cnc(N2CC[C@@H](O)C2)c(-c2cncnc2)c1. The van der Waals surface area contributed by atoms with E-state index in [1.54, 1.807) is 18.5 Å². The van der Waals surface area contributed by atoms with E-state index < -0.39 is 5.97 Å². The van der Waals surface area contributed by atoms with Crippen molar-refractivity contribution in [1.82, 2.24) is 15.0 Å². The molecular weight excluding hydrogens is 284 g/mol. The Hall–Kier alpha value is -2.54. The summed E-state index contributed by atoms with van der Waals surface area (Å²) in [6.07, 6.45) is 6.61. The zero-order valence-electron chi connectivity index (χ0n) is 12.1. The molecule has 2 aromatic heterocycles. The largest absolute Gasteiger partial charge is 0.465 e. The first-order chi connectivity index (χ1) is 10.7. The molecule has 1 N–H and O–H groups in total. The molecule has 3 rings (SSSR count). The van der Waals surface area contributed by atoms with E-state index in [2.05, 4.69) is 15.0 Å². The van der Waals surface area contributed by atoms with Gasteiger partial charge in [-0.3, -0.25) is 0 Å². The van der Waals surface area contributed by atoms with Gasteiger partial charge in [-0.05, 0) is 12.5 Å². The number of anilines is 1. The number of pyridine rings is 1. The fourth-order valence-electron chi connectivity index (χ4n) is 2.52. The molecule has 0 spiro atoms. The topological polar surface area (TPSA) is 88.4 Å². The number of carbonyl (C=O) groups is 1. The van der Waals surface area contributed by atoms with Crippen molar-refractivity contribution >= 4 is 11.8 Å². The Labute approximate surface area is 127 Å². The number of carbonyl (C=O) groups excluding carboxylic acids is 1. The standard InChI is InChI=1S/C15H16N4O3/c1-22-15(21)10-4-13(11-5-16-9-17-6-11)14(18-7-10)19-3-2-12(20)8-19/h4-7,9,12,20H,2-3,8H2,1H3/t12-/m1/s1. The number of aliphatic hydroxyl groups is 1. The maximum atomic E-state index is 11.7. The summed E-state index contributed by atoms with van der Waals surface area (Å²) in [5.74, 6) is 0.262. The number of esters is 1. The highest BCUT2D eigenvalue weighted by atomic mass is 16.5. The van der Waals surface area contributed by atoms with E-state index in [1.165, 1.54) is 19.6 Å². The van der Waals surface area contributed by atoms with E-state index in [4.69, 9.17) is 4.74 Å². The number of rotatable bonds is 3. The molecule has 114 valence electrons. The van der Waals surface area contributed by atoms with Crippen LogP contribution in [0.25, 0.3) is 11.1 Å². The van der Waals surface area contributed by atoms with E-state index in [0.29, 0.717) is 30.9 Å². The zero-order chi connectivity index (χ0) is 15.5. The number of β-amino-alcohol motifs (C(OH)–C–C–N with tert-alkyl or cyclic N) is 1. The predicted octanol–water partition coefficient (Wildman–Crippen LogP) is 0.896. The lowest BCUT2D eigenvalue weighted by molar-refractivity contribution is 0.0600. The van der Waals surface area contributed by atoms with Crippen molar-refractivity contribution in [1.29, 1.82) is 0 Å². The minimum atomic E-state index is -0.446. The van der Waals surface area contributed by atoms with Gasteiger partial charge in [0.15, 0.2) is 0 Å². The summed E-state index contributed by atoms with van der Waals surface area (Å²) in [6.45, 7) is 1.23. The quantitative estimate of drug-likeness (QED) is 0.842. The molecule has 1 aliphatic rings. The molecule has 2 aromatic rings. The minimum absolute atomic E-state index is 0.359. The van der Waals surface area contributed by atoms with Crippen molar-refractivity contribution in [3.05, 3.63) is 36.5 Å². The number of methoxy groups -OCH3 is 1. The van der Waals surface area contributed by atoms with Crippen LogP contribution in [0.2, 0.25) is 0 Å². The average molecular weight is 300 g/mol. The first kappa shape index (κ1) is 14.4. The van der Waals surface area contributed by atoms with Crippen LogP contribution in [0.4, 0.5) is 5.82 Å². The molecule has 1 aliphatic heterocycles. The summed E-state index contributed by atoms with van der Waals surface area (Å²) in [6, 6.07) is 1.72. The maximum Gasteiger partial charge on any atom is 0.339 e. The Morgan fingerprint density at radius 2 is 2.14 bits per heavy atom. The van der Waals surface area contributed by atoms with Gasteiger partial charge < -0.3 is 14.7 Å². The van der Waals surface area contributed by atoms with Gasteiger partial charge in [-0.2, -0.15) is 0 Å². The molecule has 0 aliphatic carbocycles. The van der Waals surface area contributed by atoms with Gasteiger partial charge in [-0.1, -0.05) is 0 Å². The molecule has 0 aromatic carbocycles. The van der Waals surface area contributed by atoms with Crippen LogP contribution in [0, 0.1) is 0 Å². The van der Waals surface area contributed by atoms with Crippen LogP contribution in [-0.4, -0.2) is 52.3 Å². The number of ether oxygens (including phenoxy) is 1. The van der Waals surface area contributed by atoms with Crippen molar-refractivity contribution in [2.24, 2.45) is 0 Å². The lowest BCUT2D eigenvalue weighted by Crippen LogP contribution is -2.23. The molecule has 1 fully saturated rings. The second kappa shape index (κ2) is 6.07. The molecule has 0 bridgehead atoms. The van der Waals surface area contributed by atoms with Crippen molar-refractivity contribution in [2.75, 3.05) is 25.1 Å². The van der Waals surface area contributed by atoms with E-state index in [0.717, 1.165) is 11.1 Å². The molecule has 22 heavy (non-hydrogen) atoms. The Bertz CT molecular complexity index is 678. The Morgan fingerprint density at radius 3 is 2.77 bits per heavy atom. The third-order valence-corrected chi connectivity index (χ3v) is 3.62. The molecule has 3 heterocycles. The molecule has 0 radical (unpaired) electrons. The van der Waals surface area contributed by atoms with Crippen LogP contribution in [0.5, 0.6) is 0 Å². The predicted molar refractivity (Wildman–Crippen MR) is 79.4 cm³/mol. The van der Waals surface area contributed by atoms with Crippen LogP contribution in [0.1, 0.15) is 16.8 Å². The molecular formula is C15H16N4O3. The summed E-state index contributed by atoms with van der Waals surface area (Å²) in [4.78, 5) is 26.2. The molecule has 7 nitrogen and oxygen atoms in total. The fraction of sp³-hybridized carbons (Fsp3) is 0.333. The van der Waals surface area contributed by atoms with Gasteiger partial charge in [0.25, 0.3) is 0 Å². The van der Waals surface area contributed by atoms with Gasteiger partial charge in [0, 0.05) is 42.8 Å². The van der Waals surface area contributed by atoms with E-state index >= 15 is 0 Å². The van der Waals surface area contributed by atoms with Gasteiger partial charge in [0.05, 0.1) is 18.8 Å². The Balaban J connectivity index is 2.07. The molecule has 0 amide bonds. The van der Waals surface area contributed by atoms with Crippen molar-refractivity contribution < 1.29 is 14.6 Å². The van der Waals surface area contributed by atoms with Gasteiger partial charge in [-0.15, -0.1) is 0 Å². The highest BCUT2D eigenvalue weighted by Gasteiger charge is 2.25. The van der Waals surface area contributed by atoms with Crippen LogP contribution in [0.3, 0.4) is 0 Å². The highest BCUT2D eigenvalue weighted by molar-refractivity contribution is 5.92. The van der Waals surface area contributed by atoms with Crippen LogP contribution >= 0.6 is 0 Å². The zero-order valence-corrected chi connectivity index (χ0v) is 12.1. The summed E-state index contributed by atoms with van der Waals surface area (Å²) in [5, 5.41) is 9.73. The second-order valence-electron chi connectivity index (χ2n) is 5.10. The van der Waals surface area contributed by atoms with E-state index in [1.807, 2.05) is 4.90 Å². The van der Waals surface area contributed by atoms with Gasteiger partial charge in [0.2, 0.25) is 0 Å². The summed E-state index contributed by atoms with van der Waals surface area (Å²) in [7, 11) is 1.33. The average Bonchev–Trinajstić information content (AvgIpc) is 3.00. The highest BCUT2D eigenvalue weighted by Crippen LogP contribution is 2.31. The lowest BCUT2D eigenvalue weighted by atomic mass is 10.1. The number of aromatic nitrogens is 3. The second-order valence-corrected chi connectivity index (χ2v) is 5.10. The van der Waals surface area contributed by atoms with Gasteiger partial charge in [0.1, 0.15) is 12.1 Å².